The molecule has 2 aliphatic heterocycles. The smallest absolute Gasteiger partial charge is 0.475 e. The summed E-state index contributed by atoms with van der Waals surface area (Å²) in [5.41, 5.74) is 4.40. The van der Waals surface area contributed by atoms with Crippen LogP contribution in [0.25, 0.3) is 0 Å². The number of halogens is 1. The molecule has 1 aromatic heterocycles. The van der Waals surface area contributed by atoms with E-state index < -0.39 is 106 Å². The Kier molecular flexibility index (Phi) is 10.4. The number of carboxylic acid groups (broad SMARTS) is 1. The molecule has 2 aliphatic rings. The first-order valence-electron chi connectivity index (χ1n) is 12.0. The maximum absolute atomic E-state index is 15.4. The van der Waals surface area contributed by atoms with Crippen molar-refractivity contribution in [3.05, 3.63) is 22.7 Å². The van der Waals surface area contributed by atoms with Gasteiger partial charge in [0.05, 0.1) is 19.3 Å². The maximum atomic E-state index is 15.4. The van der Waals surface area contributed by atoms with Gasteiger partial charge in [0.25, 0.3) is 0 Å². The largest absolute Gasteiger partial charge is 0.477 e. The third kappa shape index (κ3) is 6.77. The van der Waals surface area contributed by atoms with Gasteiger partial charge in [-0.25, -0.2) is 23.1 Å². The summed E-state index contributed by atoms with van der Waals surface area (Å²) in [6, 6.07) is -0.795. The molecule has 2 fully saturated rings. The maximum Gasteiger partial charge on any atom is 0.475 e. The van der Waals surface area contributed by atoms with Crippen LogP contribution in [0.4, 0.5) is 10.2 Å². The topological polar surface area (TPSA) is 323 Å². The van der Waals surface area contributed by atoms with Gasteiger partial charge in [-0.1, -0.05) is 0 Å². The zero-order chi connectivity index (χ0) is 31.7. The summed E-state index contributed by atoms with van der Waals surface area (Å²) < 4.78 is 48.4. The Balaban J connectivity index is 1.83. The number of aliphatic carboxylic acids is 1. The number of aliphatic hydroxyl groups is 6. The molecule has 11 N–H and O–H groups in total. The molecule has 238 valence electrons. The zero-order valence-electron chi connectivity index (χ0n) is 21.5. The number of ether oxygens (including phenoxy) is 2. The van der Waals surface area contributed by atoms with E-state index in [-0.39, 0.29) is 5.82 Å². The lowest BCUT2D eigenvalue weighted by Crippen LogP contribution is -2.73. The van der Waals surface area contributed by atoms with Crippen molar-refractivity contribution < 1.29 is 77.7 Å². The number of hydrogen-bond donors (Lipinski definition) is 10. The number of hydrogen-bond acceptors (Lipinski definition) is 16. The molecule has 22 heteroatoms. The van der Waals surface area contributed by atoms with Gasteiger partial charge in [0.1, 0.15) is 48.5 Å². The lowest BCUT2D eigenvalue weighted by Gasteiger charge is -2.48. The fourth-order valence-corrected chi connectivity index (χ4v) is 5.27. The molecule has 2 saturated heterocycles. The zero-order valence-corrected chi connectivity index (χ0v) is 22.4. The van der Waals surface area contributed by atoms with E-state index in [1.165, 1.54) is 6.07 Å². The summed E-state index contributed by atoms with van der Waals surface area (Å²) in [5, 5.41) is 72.2. The van der Waals surface area contributed by atoms with Crippen LogP contribution in [0.15, 0.2) is 17.1 Å². The summed E-state index contributed by atoms with van der Waals surface area (Å²) in [5.74, 6) is -7.48. The number of aliphatic hydroxyl groups excluding tert-OH is 6. The first-order chi connectivity index (χ1) is 19.5. The lowest BCUT2D eigenvalue weighted by molar-refractivity contribution is -0.314. The second kappa shape index (κ2) is 12.9. The molecule has 20 nitrogen and oxygen atoms in total. The summed E-state index contributed by atoms with van der Waals surface area (Å²) in [4.78, 5) is 49.5. The summed E-state index contributed by atoms with van der Waals surface area (Å²) in [6.45, 7) is -1.39. The van der Waals surface area contributed by atoms with Crippen molar-refractivity contribution in [1.82, 2.24) is 14.9 Å². The highest BCUT2D eigenvalue weighted by Crippen LogP contribution is 2.52. The van der Waals surface area contributed by atoms with Crippen molar-refractivity contribution in [3.63, 3.8) is 0 Å². The molecule has 0 spiro atoms. The monoisotopic (exact) mass is 632 g/mol. The van der Waals surface area contributed by atoms with Crippen molar-refractivity contribution in [2.45, 2.75) is 73.9 Å². The Hall–Kier alpha value is -2.66. The van der Waals surface area contributed by atoms with E-state index in [9.17, 15) is 54.5 Å². The Bertz CT molecular complexity index is 1260. The van der Waals surface area contributed by atoms with Gasteiger partial charge in [0.15, 0.2) is 12.4 Å². The lowest BCUT2D eigenvalue weighted by atomic mass is 9.87. The first-order valence-corrected chi connectivity index (χ1v) is 13.5. The van der Waals surface area contributed by atoms with Crippen LogP contribution in [0.2, 0.25) is 0 Å². The molecule has 3 heterocycles. The molecule has 0 aliphatic carbocycles. The summed E-state index contributed by atoms with van der Waals surface area (Å²) in [6.07, 6.45) is -18.4. The van der Waals surface area contributed by atoms with Crippen LogP contribution in [0.5, 0.6) is 0 Å². The highest BCUT2D eigenvalue weighted by atomic mass is 31.2. The molecule has 1 aromatic rings. The van der Waals surface area contributed by atoms with Crippen molar-refractivity contribution in [2.75, 3.05) is 18.9 Å². The minimum atomic E-state index is -5.79. The molecular formula is C20H30FN4O16P. The second-order valence-electron chi connectivity index (χ2n) is 9.36. The Morgan fingerprint density at radius 2 is 1.93 bits per heavy atom. The normalized spacial score (nSPS) is 36.1. The van der Waals surface area contributed by atoms with Crippen molar-refractivity contribution in [3.8, 4) is 0 Å². The number of carboxylic acids is 1. The molecule has 0 saturated carbocycles. The predicted octanol–water partition coefficient (Wildman–Crippen LogP) is -5.32. The average Bonchev–Trinajstić information content (AvgIpc) is 3.19. The number of phosphoric acid groups is 1. The van der Waals surface area contributed by atoms with Crippen LogP contribution in [0.3, 0.4) is 0 Å². The number of amides is 1. The third-order valence-corrected chi connectivity index (χ3v) is 7.37. The second-order valence-corrected chi connectivity index (χ2v) is 10.7. The molecular weight excluding hydrogens is 602 g/mol. The number of nitrogens with one attached hydrogen (secondary N) is 1. The van der Waals surface area contributed by atoms with Crippen molar-refractivity contribution in [1.29, 1.82) is 0 Å². The SMILES string of the molecule is CC(=O)N[C@@H]1[C@@H](O)[C@@H](F)[C@](OP(=O)(O)OC[C@H]2O[C@@H](n3ccc(N)nc3=O)[C@H](O)[C@@H]2O)(C(=O)O)O[C@H]1[C@H](O)[C@H](O)CO. The van der Waals surface area contributed by atoms with Gasteiger partial charge in [0.2, 0.25) is 5.91 Å². The minimum Gasteiger partial charge on any atom is -0.477 e. The van der Waals surface area contributed by atoms with E-state index in [2.05, 4.69) is 14.0 Å². The molecule has 1 amide bonds. The number of nitrogens with two attached hydrogens (primary N) is 1. The number of anilines is 1. The van der Waals surface area contributed by atoms with Crippen LogP contribution in [0, 0.1) is 0 Å². The molecule has 3 rings (SSSR count). The number of carbonyl (C=O) groups excluding carboxylic acids is 1. The number of carbonyl (C=O) groups is 2. The van der Waals surface area contributed by atoms with E-state index >= 15 is 4.39 Å². The van der Waals surface area contributed by atoms with Crippen molar-refractivity contribution in [2.24, 2.45) is 0 Å². The molecule has 0 bridgehead atoms. The van der Waals surface area contributed by atoms with Crippen LogP contribution in [-0.4, -0.2) is 136 Å². The Morgan fingerprint density at radius 1 is 1.29 bits per heavy atom. The van der Waals surface area contributed by atoms with E-state index in [1.807, 2.05) is 5.32 Å². The molecule has 12 atom stereocenters. The van der Waals surface area contributed by atoms with E-state index in [0.29, 0.717) is 0 Å². The molecule has 42 heavy (non-hydrogen) atoms. The van der Waals surface area contributed by atoms with E-state index in [0.717, 1.165) is 17.7 Å². The summed E-state index contributed by atoms with van der Waals surface area (Å²) in [7, 11) is -5.79. The quantitative estimate of drug-likeness (QED) is 0.102. The van der Waals surface area contributed by atoms with Crippen molar-refractivity contribution >= 4 is 25.5 Å². The Morgan fingerprint density at radius 3 is 2.48 bits per heavy atom. The molecule has 1 unspecified atom stereocenters. The van der Waals surface area contributed by atoms with Gasteiger partial charge in [-0.3, -0.25) is 13.9 Å². The first kappa shape index (κ1) is 33.8. The average molecular weight is 632 g/mol. The Labute approximate surface area is 234 Å². The third-order valence-electron chi connectivity index (χ3n) is 6.40. The summed E-state index contributed by atoms with van der Waals surface area (Å²) >= 11 is 0. The number of alkyl halides is 1. The number of nitrogens with zero attached hydrogens (tertiary/aromatic N) is 2. The number of phosphoric ester groups is 1. The van der Waals surface area contributed by atoms with Gasteiger partial charge < -0.3 is 61.2 Å². The van der Waals surface area contributed by atoms with Crippen LogP contribution < -0.4 is 16.7 Å². The standard InChI is InChI=1S/C20H30FN4O16P/c1-6(27)23-10-13(31)16(21)20(18(33)34,40-15(10)11(29)7(28)4-26)41-42(36,37)38-5-8-12(30)14(32)17(39-8)25-3-2-9(22)24-19(25)35/h2-3,7-8,10-17,26,28-32H,4-5H2,1H3,(H,23,27)(H,33,34)(H,36,37)(H2,22,24,35)/t7-,8-,10-,11-,12-,13-,14-,15-,16-,17-,20+/m1/s1. The number of nitrogen functional groups attached to an aromatic ring is 1. The fourth-order valence-electron chi connectivity index (χ4n) is 4.31. The van der Waals surface area contributed by atoms with Gasteiger partial charge in [-0.2, -0.15) is 4.98 Å². The minimum absolute atomic E-state index is 0.167. The highest BCUT2D eigenvalue weighted by molar-refractivity contribution is 7.47. The highest BCUT2D eigenvalue weighted by Gasteiger charge is 2.65. The number of rotatable bonds is 11. The van der Waals surface area contributed by atoms with Gasteiger partial charge in [-0.05, 0) is 6.07 Å². The van der Waals surface area contributed by atoms with E-state index in [1.54, 1.807) is 0 Å². The molecule has 0 aromatic carbocycles. The predicted molar refractivity (Wildman–Crippen MR) is 129 cm³/mol. The molecule has 0 radical (unpaired) electrons. The van der Waals surface area contributed by atoms with Gasteiger partial charge in [0, 0.05) is 13.1 Å². The van der Waals surface area contributed by atoms with Gasteiger partial charge in [-0.15, -0.1) is 0 Å². The van der Waals surface area contributed by atoms with E-state index in [4.69, 9.17) is 20.3 Å². The van der Waals surface area contributed by atoms with Gasteiger partial charge >= 0.3 is 25.3 Å². The number of aromatic nitrogens is 2. The van der Waals surface area contributed by atoms with Crippen LogP contribution in [0.1, 0.15) is 13.2 Å². The van der Waals surface area contributed by atoms with Crippen LogP contribution in [-0.2, 0) is 32.7 Å². The fraction of sp³-hybridized carbons (Fsp3) is 0.700. The van der Waals surface area contributed by atoms with Crippen LogP contribution >= 0.6 is 7.82 Å².